The van der Waals surface area contributed by atoms with E-state index in [1.165, 1.54) is 12.8 Å². The fraction of sp³-hybridized carbons (Fsp3) is 0.875. The van der Waals surface area contributed by atoms with Crippen LogP contribution < -0.4 is 5.32 Å². The minimum Gasteiger partial charge on any atom is -0.480 e. The van der Waals surface area contributed by atoms with Crippen LogP contribution >= 0.6 is 0 Å². The maximum absolute atomic E-state index is 11.8. The Hall–Kier alpha value is -1.34. The maximum atomic E-state index is 11.8. The molecule has 0 aromatic rings. The van der Waals surface area contributed by atoms with E-state index in [2.05, 4.69) is 22.0 Å². The van der Waals surface area contributed by atoms with Crippen molar-refractivity contribution in [1.82, 2.24) is 15.1 Å². The molecule has 1 fully saturated rings. The van der Waals surface area contributed by atoms with Gasteiger partial charge in [0.05, 0.1) is 0 Å². The van der Waals surface area contributed by atoms with Gasteiger partial charge in [0.2, 0.25) is 0 Å². The molecule has 0 aromatic heterocycles. The van der Waals surface area contributed by atoms with Crippen LogP contribution in [-0.2, 0) is 9.53 Å². The Morgan fingerprint density at radius 1 is 1.17 bits per heavy atom. The van der Waals surface area contributed by atoms with Gasteiger partial charge in [0, 0.05) is 32.7 Å². The first-order valence-electron chi connectivity index (χ1n) is 8.38. The normalized spacial score (nSPS) is 18.4. The number of carbonyl (C=O) groups excluding carboxylic acids is 1. The first-order chi connectivity index (χ1) is 10.7. The molecular formula is C16H31N3O4. The van der Waals surface area contributed by atoms with Crippen LogP contribution in [-0.4, -0.2) is 77.9 Å². The van der Waals surface area contributed by atoms with Crippen LogP contribution in [0.4, 0.5) is 4.79 Å². The number of rotatable bonds is 7. The average molecular weight is 329 g/mol. The molecule has 0 unspecified atom stereocenters. The Labute approximate surface area is 139 Å². The summed E-state index contributed by atoms with van der Waals surface area (Å²) in [4.78, 5) is 27.6. The molecule has 1 aliphatic heterocycles. The van der Waals surface area contributed by atoms with E-state index in [0.717, 1.165) is 32.7 Å². The van der Waals surface area contributed by atoms with E-state index in [4.69, 9.17) is 4.74 Å². The Balaban J connectivity index is 2.42. The highest BCUT2D eigenvalue weighted by molar-refractivity contribution is 5.80. The standard InChI is InChI=1S/C16H31N3O4/c1-5-6-7-18-8-10-19(11-9-18)12-13(14(20)21)17-15(22)23-16(2,3)4/h13H,5-12H2,1-4H3,(H,17,22)(H,20,21)/t13-/m0/s1. The molecule has 0 aliphatic carbocycles. The zero-order valence-corrected chi connectivity index (χ0v) is 14.8. The number of hydrogen-bond acceptors (Lipinski definition) is 5. The van der Waals surface area contributed by atoms with Gasteiger partial charge in [-0.25, -0.2) is 9.59 Å². The number of nitrogens with one attached hydrogen (secondary N) is 1. The monoisotopic (exact) mass is 329 g/mol. The van der Waals surface area contributed by atoms with Gasteiger partial charge in [0.25, 0.3) is 0 Å². The molecule has 1 aliphatic rings. The summed E-state index contributed by atoms with van der Waals surface area (Å²) in [5.41, 5.74) is -0.641. The average Bonchev–Trinajstić information content (AvgIpc) is 2.43. The van der Waals surface area contributed by atoms with Crippen LogP contribution in [0, 0.1) is 0 Å². The lowest BCUT2D eigenvalue weighted by atomic mass is 10.2. The zero-order valence-electron chi connectivity index (χ0n) is 14.8. The minimum atomic E-state index is -1.04. The Bertz CT molecular complexity index is 387. The highest BCUT2D eigenvalue weighted by atomic mass is 16.6. The van der Waals surface area contributed by atoms with Gasteiger partial charge in [-0.1, -0.05) is 13.3 Å². The number of unbranched alkanes of at least 4 members (excludes halogenated alkanes) is 1. The predicted molar refractivity (Wildman–Crippen MR) is 88.6 cm³/mol. The van der Waals surface area contributed by atoms with Crippen molar-refractivity contribution >= 4 is 12.1 Å². The quantitative estimate of drug-likeness (QED) is 0.734. The maximum Gasteiger partial charge on any atom is 0.408 e. The highest BCUT2D eigenvalue weighted by Gasteiger charge is 2.27. The molecule has 1 atom stereocenters. The smallest absolute Gasteiger partial charge is 0.408 e. The molecule has 0 bridgehead atoms. The lowest BCUT2D eigenvalue weighted by molar-refractivity contribution is -0.140. The lowest BCUT2D eigenvalue weighted by Crippen LogP contribution is -2.54. The van der Waals surface area contributed by atoms with Crippen molar-refractivity contribution in [3.05, 3.63) is 0 Å². The fourth-order valence-electron chi connectivity index (χ4n) is 2.47. The molecule has 0 spiro atoms. The van der Waals surface area contributed by atoms with E-state index in [1.54, 1.807) is 20.8 Å². The zero-order chi connectivity index (χ0) is 17.5. The van der Waals surface area contributed by atoms with Crippen LogP contribution in [0.25, 0.3) is 0 Å². The number of ether oxygens (including phenoxy) is 1. The van der Waals surface area contributed by atoms with Crippen molar-refractivity contribution in [2.45, 2.75) is 52.2 Å². The number of nitrogens with zero attached hydrogens (tertiary/aromatic N) is 2. The number of carboxylic acids is 1. The minimum absolute atomic E-state index is 0.302. The van der Waals surface area contributed by atoms with Crippen LogP contribution in [0.3, 0.4) is 0 Å². The van der Waals surface area contributed by atoms with Gasteiger partial charge in [-0.15, -0.1) is 0 Å². The summed E-state index contributed by atoms with van der Waals surface area (Å²) in [6, 6.07) is -0.952. The summed E-state index contributed by atoms with van der Waals surface area (Å²) in [7, 11) is 0. The number of carbonyl (C=O) groups is 2. The molecular weight excluding hydrogens is 298 g/mol. The van der Waals surface area contributed by atoms with Crippen molar-refractivity contribution in [3.63, 3.8) is 0 Å². The number of amides is 1. The summed E-state index contributed by atoms with van der Waals surface area (Å²) < 4.78 is 5.13. The third-order valence-electron chi connectivity index (χ3n) is 3.72. The number of carboxylic acid groups (broad SMARTS) is 1. The molecule has 0 radical (unpaired) electrons. The molecule has 0 aromatic carbocycles. The van der Waals surface area contributed by atoms with Gasteiger partial charge in [0.1, 0.15) is 11.6 Å². The molecule has 1 saturated heterocycles. The third kappa shape index (κ3) is 8.18. The van der Waals surface area contributed by atoms with Gasteiger partial charge in [-0.2, -0.15) is 0 Å². The van der Waals surface area contributed by atoms with Crippen molar-refractivity contribution in [2.24, 2.45) is 0 Å². The van der Waals surface area contributed by atoms with Gasteiger partial charge >= 0.3 is 12.1 Å². The van der Waals surface area contributed by atoms with E-state index < -0.39 is 23.7 Å². The molecule has 1 amide bonds. The third-order valence-corrected chi connectivity index (χ3v) is 3.72. The lowest BCUT2D eigenvalue weighted by Gasteiger charge is -2.35. The van der Waals surface area contributed by atoms with E-state index in [-0.39, 0.29) is 0 Å². The summed E-state index contributed by atoms with van der Waals surface area (Å²) in [6.45, 7) is 12.4. The molecule has 7 heteroatoms. The molecule has 1 rings (SSSR count). The largest absolute Gasteiger partial charge is 0.480 e. The van der Waals surface area contributed by atoms with Gasteiger partial charge in [-0.05, 0) is 33.7 Å². The number of alkyl carbamates (subject to hydrolysis) is 1. The second-order valence-corrected chi connectivity index (χ2v) is 7.03. The molecule has 23 heavy (non-hydrogen) atoms. The second-order valence-electron chi connectivity index (χ2n) is 7.03. The van der Waals surface area contributed by atoms with E-state index in [1.807, 2.05) is 0 Å². The van der Waals surface area contributed by atoms with Crippen LogP contribution in [0.5, 0.6) is 0 Å². The van der Waals surface area contributed by atoms with Crippen molar-refractivity contribution < 1.29 is 19.4 Å². The van der Waals surface area contributed by atoms with E-state index in [0.29, 0.717) is 6.54 Å². The molecule has 134 valence electrons. The molecule has 1 heterocycles. The van der Waals surface area contributed by atoms with Gasteiger partial charge in [-0.3, -0.25) is 4.90 Å². The number of piperazine rings is 1. The van der Waals surface area contributed by atoms with Crippen LogP contribution in [0.1, 0.15) is 40.5 Å². The summed E-state index contributed by atoms with van der Waals surface area (Å²) >= 11 is 0. The molecule has 2 N–H and O–H groups in total. The topological polar surface area (TPSA) is 82.1 Å². The summed E-state index contributed by atoms with van der Waals surface area (Å²) in [5, 5.41) is 11.8. The van der Waals surface area contributed by atoms with Gasteiger partial charge < -0.3 is 20.1 Å². The SMILES string of the molecule is CCCCN1CCN(C[C@H](NC(=O)OC(C)(C)C)C(=O)O)CC1. The second kappa shape index (κ2) is 9.08. The van der Waals surface area contributed by atoms with Crippen molar-refractivity contribution in [3.8, 4) is 0 Å². The van der Waals surface area contributed by atoms with E-state index in [9.17, 15) is 14.7 Å². The van der Waals surface area contributed by atoms with Crippen LogP contribution in [0.15, 0.2) is 0 Å². The molecule has 0 saturated carbocycles. The first kappa shape index (κ1) is 19.7. The Morgan fingerprint density at radius 3 is 2.22 bits per heavy atom. The number of aliphatic carboxylic acids is 1. The summed E-state index contributed by atoms with van der Waals surface area (Å²) in [6.07, 6.45) is 1.69. The van der Waals surface area contributed by atoms with Gasteiger partial charge in [0.15, 0.2) is 0 Å². The Kier molecular flexibility index (Phi) is 7.78. The number of hydrogen-bond donors (Lipinski definition) is 2. The van der Waals surface area contributed by atoms with Crippen molar-refractivity contribution in [2.75, 3.05) is 39.3 Å². The first-order valence-corrected chi connectivity index (χ1v) is 8.38. The highest BCUT2D eigenvalue weighted by Crippen LogP contribution is 2.08. The van der Waals surface area contributed by atoms with Crippen molar-refractivity contribution in [1.29, 1.82) is 0 Å². The summed E-state index contributed by atoms with van der Waals surface area (Å²) in [5.74, 6) is -1.04. The Morgan fingerprint density at radius 2 is 1.74 bits per heavy atom. The predicted octanol–water partition coefficient (Wildman–Crippen LogP) is 1.38. The van der Waals surface area contributed by atoms with Crippen LogP contribution in [0.2, 0.25) is 0 Å². The molecule has 7 nitrogen and oxygen atoms in total. The van der Waals surface area contributed by atoms with E-state index >= 15 is 0 Å². The fourth-order valence-corrected chi connectivity index (χ4v) is 2.47.